The molecule has 0 atom stereocenters. The Morgan fingerprint density at radius 2 is 2.10 bits per heavy atom. The number of hydrogen-bond donors (Lipinski definition) is 0. The number of carbonyl (C=O) groups is 1. The van der Waals surface area contributed by atoms with Gasteiger partial charge in [0.1, 0.15) is 5.82 Å². The van der Waals surface area contributed by atoms with Gasteiger partial charge in [-0.25, -0.2) is 4.98 Å². The largest absolute Gasteiger partial charge is 0.303 e. The fourth-order valence-corrected chi connectivity index (χ4v) is 6.58. The topological polar surface area (TPSA) is 63.9 Å². The zero-order valence-electron chi connectivity index (χ0n) is 17.4. The van der Waals surface area contributed by atoms with Crippen LogP contribution in [0.1, 0.15) is 68.4 Å². The second kappa shape index (κ2) is 10.1. The molecular weight excluding hydrogens is 434 g/mol. The molecule has 0 N–H and O–H groups in total. The van der Waals surface area contributed by atoms with Crippen LogP contribution in [0.4, 0.5) is 5.13 Å². The number of anilines is 1. The summed E-state index contributed by atoms with van der Waals surface area (Å²) in [5.41, 5.74) is 0.984. The quantitative estimate of drug-likeness (QED) is 0.411. The summed E-state index contributed by atoms with van der Waals surface area (Å²) in [6.45, 7) is 4.19. The van der Waals surface area contributed by atoms with Crippen LogP contribution in [0.2, 0.25) is 0 Å². The Labute approximate surface area is 189 Å². The summed E-state index contributed by atoms with van der Waals surface area (Å²) in [5.74, 6) is 1.83. The lowest BCUT2D eigenvalue weighted by Gasteiger charge is -2.25. The summed E-state index contributed by atoms with van der Waals surface area (Å²) in [6.07, 6.45) is 7.12. The lowest BCUT2D eigenvalue weighted by molar-refractivity contribution is -0.116. The summed E-state index contributed by atoms with van der Waals surface area (Å²) in [5, 5.41) is 15.1. The molecule has 160 valence electrons. The van der Waals surface area contributed by atoms with Gasteiger partial charge < -0.3 is 4.57 Å². The molecule has 1 amide bonds. The molecule has 1 saturated carbocycles. The fraction of sp³-hybridized carbons (Fsp3) is 0.524. The first-order valence-corrected chi connectivity index (χ1v) is 13.2. The normalized spacial score (nSPS) is 14.9. The third-order valence-corrected chi connectivity index (χ3v) is 8.17. The van der Waals surface area contributed by atoms with Crippen molar-refractivity contribution in [3.05, 3.63) is 39.3 Å². The van der Waals surface area contributed by atoms with Gasteiger partial charge in [-0.15, -0.1) is 32.9 Å². The highest BCUT2D eigenvalue weighted by molar-refractivity contribution is 7.98. The number of thioether (sulfide) groups is 1. The summed E-state index contributed by atoms with van der Waals surface area (Å²) in [7, 11) is 0. The van der Waals surface area contributed by atoms with E-state index in [-0.39, 0.29) is 5.91 Å². The summed E-state index contributed by atoms with van der Waals surface area (Å²) in [6, 6.07) is 4.76. The number of nitrogens with zero attached hydrogens (tertiary/aromatic N) is 5. The predicted octanol–water partition coefficient (Wildman–Crippen LogP) is 5.56. The number of thiazole rings is 1. The van der Waals surface area contributed by atoms with Gasteiger partial charge in [-0.1, -0.05) is 37.1 Å². The molecule has 0 aromatic carbocycles. The molecule has 0 bridgehead atoms. The maximum absolute atomic E-state index is 11.8. The molecule has 3 aromatic rings. The zero-order chi connectivity index (χ0) is 20.9. The van der Waals surface area contributed by atoms with E-state index in [9.17, 15) is 4.79 Å². The van der Waals surface area contributed by atoms with Gasteiger partial charge >= 0.3 is 0 Å². The number of rotatable bonds is 8. The van der Waals surface area contributed by atoms with Gasteiger partial charge in [0.25, 0.3) is 0 Å². The van der Waals surface area contributed by atoms with Gasteiger partial charge in [0.15, 0.2) is 10.3 Å². The standard InChI is InChI=1S/C21H27N5OS3/c1-3-25(15(2)27)20-22-16(13-29-20)14-30-21-24-23-19(12-18-10-7-11-28-18)26(21)17-8-5-4-6-9-17/h7,10-11,13,17H,3-6,8-9,12,14H2,1-2H3. The van der Waals surface area contributed by atoms with Crippen molar-refractivity contribution in [1.82, 2.24) is 19.7 Å². The third kappa shape index (κ3) is 4.95. The molecule has 3 aromatic heterocycles. The molecule has 30 heavy (non-hydrogen) atoms. The first-order valence-electron chi connectivity index (χ1n) is 10.5. The molecule has 9 heteroatoms. The second-order valence-electron chi connectivity index (χ2n) is 7.49. The van der Waals surface area contributed by atoms with Crippen molar-refractivity contribution in [2.45, 2.75) is 69.3 Å². The van der Waals surface area contributed by atoms with Gasteiger partial charge in [0.05, 0.1) is 5.69 Å². The van der Waals surface area contributed by atoms with Crippen LogP contribution < -0.4 is 4.90 Å². The third-order valence-electron chi connectivity index (χ3n) is 5.40. The maximum atomic E-state index is 11.8. The van der Waals surface area contributed by atoms with Gasteiger partial charge in [-0.3, -0.25) is 9.69 Å². The Bertz CT molecular complexity index is 959. The van der Waals surface area contributed by atoms with E-state index in [1.165, 1.54) is 48.3 Å². The van der Waals surface area contributed by atoms with Crippen LogP contribution in [0.25, 0.3) is 0 Å². The Morgan fingerprint density at radius 1 is 1.27 bits per heavy atom. The van der Waals surface area contributed by atoms with Gasteiger partial charge in [0, 0.05) is 41.9 Å². The molecule has 3 heterocycles. The van der Waals surface area contributed by atoms with Crippen LogP contribution in [-0.2, 0) is 17.0 Å². The highest BCUT2D eigenvalue weighted by Gasteiger charge is 2.23. The van der Waals surface area contributed by atoms with E-state index >= 15 is 0 Å². The Balaban J connectivity index is 1.51. The molecular formula is C21H27N5OS3. The average Bonchev–Trinajstić information content (AvgIpc) is 3.49. The number of amides is 1. The predicted molar refractivity (Wildman–Crippen MR) is 125 cm³/mol. The van der Waals surface area contributed by atoms with Crippen LogP contribution >= 0.6 is 34.4 Å². The van der Waals surface area contributed by atoms with Crippen molar-refractivity contribution in [3.8, 4) is 0 Å². The van der Waals surface area contributed by atoms with Crippen molar-refractivity contribution in [2.75, 3.05) is 11.4 Å². The summed E-state index contributed by atoms with van der Waals surface area (Å²) in [4.78, 5) is 19.5. The van der Waals surface area contributed by atoms with Crippen molar-refractivity contribution >= 4 is 45.5 Å². The van der Waals surface area contributed by atoms with Crippen LogP contribution in [0, 0.1) is 0 Å². The molecule has 1 aliphatic carbocycles. The minimum atomic E-state index is 0.0290. The molecule has 0 radical (unpaired) electrons. The van der Waals surface area contributed by atoms with E-state index in [4.69, 9.17) is 0 Å². The van der Waals surface area contributed by atoms with Crippen molar-refractivity contribution < 1.29 is 4.79 Å². The number of aromatic nitrogens is 4. The van der Waals surface area contributed by atoms with E-state index in [2.05, 4.69) is 37.3 Å². The minimum Gasteiger partial charge on any atom is -0.303 e. The highest BCUT2D eigenvalue weighted by Crippen LogP contribution is 2.35. The van der Waals surface area contributed by atoms with Gasteiger partial charge in [-0.2, -0.15) is 0 Å². The van der Waals surface area contributed by atoms with E-state index in [1.807, 2.05) is 12.3 Å². The Hall–Kier alpha value is -1.71. The van der Waals surface area contributed by atoms with Crippen LogP contribution in [0.3, 0.4) is 0 Å². The van der Waals surface area contributed by atoms with Crippen LogP contribution in [-0.4, -0.2) is 32.2 Å². The Morgan fingerprint density at radius 3 is 2.80 bits per heavy atom. The minimum absolute atomic E-state index is 0.0290. The number of carbonyl (C=O) groups excluding carboxylic acids is 1. The van der Waals surface area contributed by atoms with Gasteiger partial charge in [0.2, 0.25) is 5.91 Å². The van der Waals surface area contributed by atoms with E-state index in [0.29, 0.717) is 12.6 Å². The highest BCUT2D eigenvalue weighted by atomic mass is 32.2. The number of thiophene rings is 1. The molecule has 4 rings (SSSR count). The first-order chi connectivity index (χ1) is 14.7. The smallest absolute Gasteiger partial charge is 0.225 e. The lowest BCUT2D eigenvalue weighted by atomic mass is 9.95. The molecule has 0 spiro atoms. The molecule has 1 fully saturated rings. The average molecular weight is 462 g/mol. The fourth-order valence-electron chi connectivity index (χ4n) is 3.92. The van der Waals surface area contributed by atoms with E-state index < -0.39 is 0 Å². The van der Waals surface area contributed by atoms with Crippen molar-refractivity contribution in [2.24, 2.45) is 0 Å². The monoisotopic (exact) mass is 461 g/mol. The van der Waals surface area contributed by atoms with Gasteiger partial charge in [-0.05, 0) is 31.2 Å². The number of hydrogen-bond acceptors (Lipinski definition) is 7. The molecule has 1 aliphatic rings. The molecule has 0 aliphatic heterocycles. The summed E-state index contributed by atoms with van der Waals surface area (Å²) < 4.78 is 2.39. The van der Waals surface area contributed by atoms with E-state index in [1.54, 1.807) is 34.9 Å². The molecule has 0 saturated heterocycles. The first kappa shape index (κ1) is 21.5. The second-order valence-corrected chi connectivity index (χ2v) is 10.3. The zero-order valence-corrected chi connectivity index (χ0v) is 19.9. The van der Waals surface area contributed by atoms with E-state index in [0.717, 1.165) is 34.0 Å². The lowest BCUT2D eigenvalue weighted by Crippen LogP contribution is -2.27. The van der Waals surface area contributed by atoms with Crippen LogP contribution in [0.15, 0.2) is 28.0 Å². The molecule has 6 nitrogen and oxygen atoms in total. The maximum Gasteiger partial charge on any atom is 0.225 e. The molecule has 0 unspecified atom stereocenters. The van der Waals surface area contributed by atoms with Crippen molar-refractivity contribution in [1.29, 1.82) is 0 Å². The Kier molecular flexibility index (Phi) is 7.22. The van der Waals surface area contributed by atoms with Crippen molar-refractivity contribution in [3.63, 3.8) is 0 Å². The van der Waals surface area contributed by atoms with Crippen LogP contribution in [0.5, 0.6) is 0 Å². The SMILES string of the molecule is CCN(C(C)=O)c1nc(CSc2nnc(Cc3cccs3)n2C2CCCCC2)cs1. The summed E-state index contributed by atoms with van der Waals surface area (Å²) >= 11 is 5.00.